The number of carbonyl (C=O) groups is 2. The molecular formula is C26H29ClN4O4. The number of amides is 2. The highest BCUT2D eigenvalue weighted by Gasteiger charge is 2.23. The van der Waals surface area contributed by atoms with Crippen LogP contribution in [0.25, 0.3) is 0 Å². The summed E-state index contributed by atoms with van der Waals surface area (Å²) in [6.07, 6.45) is 5.20. The zero-order valence-electron chi connectivity index (χ0n) is 19.9. The van der Waals surface area contributed by atoms with Gasteiger partial charge in [-0.2, -0.15) is 5.10 Å². The Bertz CT molecular complexity index is 1210. The molecule has 3 aromatic rings. The third-order valence-electron chi connectivity index (χ3n) is 5.73. The number of ether oxygens (including phenoxy) is 2. The second-order valence-corrected chi connectivity index (χ2v) is 8.97. The molecule has 35 heavy (non-hydrogen) atoms. The SMILES string of the molecule is Cc1nn(C)cc1C(=O)N1CCCCCCOc2ccccc2Oc2ccc(Cl)cc2NC(=O)C1. The molecular weight excluding hydrogens is 468 g/mol. The van der Waals surface area contributed by atoms with E-state index in [1.165, 1.54) is 0 Å². The highest BCUT2D eigenvalue weighted by atomic mass is 35.5. The maximum absolute atomic E-state index is 13.3. The minimum atomic E-state index is -0.344. The molecule has 2 amide bonds. The Kier molecular flexibility index (Phi) is 7.92. The molecule has 0 saturated carbocycles. The van der Waals surface area contributed by atoms with Gasteiger partial charge in [0.2, 0.25) is 5.91 Å². The van der Waals surface area contributed by atoms with E-state index in [0.29, 0.717) is 52.4 Å². The lowest BCUT2D eigenvalue weighted by Crippen LogP contribution is -2.39. The van der Waals surface area contributed by atoms with Crippen LogP contribution in [0.4, 0.5) is 5.69 Å². The van der Waals surface area contributed by atoms with E-state index in [9.17, 15) is 9.59 Å². The molecule has 1 aromatic heterocycles. The monoisotopic (exact) mass is 496 g/mol. The lowest BCUT2D eigenvalue weighted by Gasteiger charge is -2.23. The van der Waals surface area contributed by atoms with Gasteiger partial charge in [0.15, 0.2) is 17.2 Å². The number of aryl methyl sites for hydroxylation is 2. The zero-order valence-corrected chi connectivity index (χ0v) is 20.7. The predicted octanol–water partition coefficient (Wildman–Crippen LogP) is 5.21. The lowest BCUT2D eigenvalue weighted by atomic mass is 10.1. The van der Waals surface area contributed by atoms with Gasteiger partial charge in [0.25, 0.3) is 5.91 Å². The van der Waals surface area contributed by atoms with Crippen LogP contribution in [0, 0.1) is 6.92 Å². The van der Waals surface area contributed by atoms with Gasteiger partial charge in [-0.05, 0) is 50.1 Å². The van der Waals surface area contributed by atoms with Crippen molar-refractivity contribution in [2.75, 3.05) is 25.0 Å². The molecule has 0 fully saturated rings. The average Bonchev–Trinajstić information content (AvgIpc) is 3.17. The summed E-state index contributed by atoms with van der Waals surface area (Å²) in [5.74, 6) is 1.04. The van der Waals surface area contributed by atoms with Gasteiger partial charge in [-0.15, -0.1) is 0 Å². The zero-order chi connectivity index (χ0) is 24.8. The van der Waals surface area contributed by atoms with Gasteiger partial charge >= 0.3 is 0 Å². The Morgan fingerprint density at radius 2 is 1.83 bits per heavy atom. The second kappa shape index (κ2) is 11.3. The number of hydrogen-bond donors (Lipinski definition) is 1. The summed E-state index contributed by atoms with van der Waals surface area (Å²) < 4.78 is 13.7. The molecule has 8 nitrogen and oxygen atoms in total. The number of anilines is 1. The molecule has 0 unspecified atom stereocenters. The van der Waals surface area contributed by atoms with Crippen molar-refractivity contribution in [3.8, 4) is 17.2 Å². The number of rotatable bonds is 1. The number of carbonyl (C=O) groups excluding carboxylic acids is 2. The van der Waals surface area contributed by atoms with Crippen molar-refractivity contribution >= 4 is 29.1 Å². The molecule has 0 spiro atoms. The number of halogens is 1. The summed E-state index contributed by atoms with van der Waals surface area (Å²) >= 11 is 6.21. The lowest BCUT2D eigenvalue weighted by molar-refractivity contribution is -0.116. The van der Waals surface area contributed by atoms with Crippen LogP contribution in [0.2, 0.25) is 5.02 Å². The quantitative estimate of drug-likeness (QED) is 0.500. The third kappa shape index (κ3) is 6.33. The smallest absolute Gasteiger partial charge is 0.257 e. The van der Waals surface area contributed by atoms with Crippen molar-refractivity contribution in [2.45, 2.75) is 32.6 Å². The Labute approximate surface area is 209 Å². The number of fused-ring (bicyclic) bond motifs is 2. The van der Waals surface area contributed by atoms with Crippen molar-refractivity contribution in [2.24, 2.45) is 7.05 Å². The van der Waals surface area contributed by atoms with Crippen molar-refractivity contribution in [3.05, 3.63) is 64.9 Å². The Balaban J connectivity index is 1.61. The van der Waals surface area contributed by atoms with Gasteiger partial charge in [0.1, 0.15) is 6.54 Å². The van der Waals surface area contributed by atoms with E-state index < -0.39 is 0 Å². The summed E-state index contributed by atoms with van der Waals surface area (Å²) in [6.45, 7) is 2.71. The van der Waals surface area contributed by atoms with Crippen LogP contribution in [0.3, 0.4) is 0 Å². The van der Waals surface area contributed by atoms with Crippen LogP contribution in [0.1, 0.15) is 41.7 Å². The molecule has 184 valence electrons. The van der Waals surface area contributed by atoms with Gasteiger partial charge in [0.05, 0.1) is 23.6 Å². The molecule has 0 bridgehead atoms. The maximum Gasteiger partial charge on any atom is 0.257 e. The molecule has 1 aliphatic heterocycles. The summed E-state index contributed by atoms with van der Waals surface area (Å²) in [6, 6.07) is 12.4. The Morgan fingerprint density at radius 3 is 2.60 bits per heavy atom. The van der Waals surface area contributed by atoms with E-state index in [-0.39, 0.29) is 18.4 Å². The first kappa shape index (κ1) is 24.6. The number of hydrogen-bond acceptors (Lipinski definition) is 5. The number of para-hydroxylation sites is 2. The standard InChI is InChI=1S/C26H29ClN4O4/c1-18-20(16-30(2)29-18)26(33)31-13-7-3-4-8-14-34-23-9-5-6-10-24(23)35-22-12-11-19(27)15-21(22)28-25(32)17-31/h5-6,9-12,15-16H,3-4,7-8,13-14,17H2,1-2H3,(H,28,32). The van der Waals surface area contributed by atoms with E-state index >= 15 is 0 Å². The predicted molar refractivity (Wildman–Crippen MR) is 134 cm³/mol. The highest BCUT2D eigenvalue weighted by molar-refractivity contribution is 6.31. The summed E-state index contributed by atoms with van der Waals surface area (Å²) in [4.78, 5) is 27.9. The van der Waals surface area contributed by atoms with Crippen LogP contribution in [0.5, 0.6) is 17.2 Å². The first-order valence-corrected chi connectivity index (χ1v) is 12.1. The van der Waals surface area contributed by atoms with Crippen LogP contribution in [0.15, 0.2) is 48.7 Å². The van der Waals surface area contributed by atoms with E-state index in [2.05, 4.69) is 10.4 Å². The molecule has 0 aliphatic carbocycles. The fourth-order valence-corrected chi connectivity index (χ4v) is 4.17. The van der Waals surface area contributed by atoms with Gasteiger partial charge < -0.3 is 19.7 Å². The average molecular weight is 497 g/mol. The summed E-state index contributed by atoms with van der Waals surface area (Å²) in [5, 5.41) is 7.59. The molecule has 2 aromatic carbocycles. The van der Waals surface area contributed by atoms with E-state index in [0.717, 1.165) is 25.7 Å². The van der Waals surface area contributed by atoms with E-state index in [1.807, 2.05) is 24.3 Å². The molecule has 2 heterocycles. The molecule has 9 heteroatoms. The van der Waals surface area contributed by atoms with Crippen molar-refractivity contribution in [3.63, 3.8) is 0 Å². The largest absolute Gasteiger partial charge is 0.490 e. The number of nitrogens with one attached hydrogen (secondary N) is 1. The van der Waals surface area contributed by atoms with Crippen molar-refractivity contribution in [1.82, 2.24) is 14.7 Å². The molecule has 1 N–H and O–H groups in total. The minimum absolute atomic E-state index is 0.0984. The Hall–Kier alpha value is -3.52. The van der Waals surface area contributed by atoms with Crippen molar-refractivity contribution in [1.29, 1.82) is 0 Å². The fraction of sp³-hybridized carbons (Fsp3) is 0.346. The van der Waals surface area contributed by atoms with Gasteiger partial charge in [-0.3, -0.25) is 14.3 Å². The Morgan fingerprint density at radius 1 is 1.06 bits per heavy atom. The highest BCUT2D eigenvalue weighted by Crippen LogP contribution is 2.36. The van der Waals surface area contributed by atoms with Crippen LogP contribution in [-0.4, -0.2) is 46.2 Å². The van der Waals surface area contributed by atoms with Crippen LogP contribution < -0.4 is 14.8 Å². The first-order valence-electron chi connectivity index (χ1n) is 11.7. The fourth-order valence-electron chi connectivity index (χ4n) is 4.00. The second-order valence-electron chi connectivity index (χ2n) is 8.53. The first-order chi connectivity index (χ1) is 16.9. The summed E-state index contributed by atoms with van der Waals surface area (Å²) in [7, 11) is 1.77. The molecule has 0 atom stereocenters. The van der Waals surface area contributed by atoms with Crippen LogP contribution >= 0.6 is 11.6 Å². The van der Waals surface area contributed by atoms with Crippen LogP contribution in [-0.2, 0) is 11.8 Å². The topological polar surface area (TPSA) is 85.7 Å². The number of benzene rings is 2. The third-order valence-corrected chi connectivity index (χ3v) is 5.97. The number of aromatic nitrogens is 2. The molecule has 0 saturated heterocycles. The van der Waals surface area contributed by atoms with Gasteiger partial charge in [-0.25, -0.2) is 0 Å². The summed E-state index contributed by atoms with van der Waals surface area (Å²) in [5.41, 5.74) is 1.53. The molecule has 4 rings (SSSR count). The maximum atomic E-state index is 13.3. The van der Waals surface area contributed by atoms with E-state index in [1.54, 1.807) is 47.9 Å². The molecule has 1 aliphatic rings. The number of nitrogens with zero attached hydrogens (tertiary/aromatic N) is 3. The van der Waals surface area contributed by atoms with Gasteiger partial charge in [-0.1, -0.05) is 36.6 Å². The minimum Gasteiger partial charge on any atom is -0.490 e. The normalized spacial score (nSPS) is 15.3. The van der Waals surface area contributed by atoms with Gasteiger partial charge in [0, 0.05) is 24.8 Å². The van der Waals surface area contributed by atoms with E-state index in [4.69, 9.17) is 21.1 Å². The molecule has 0 radical (unpaired) electrons. The van der Waals surface area contributed by atoms with Crippen molar-refractivity contribution < 1.29 is 19.1 Å².